The molecule has 3 N–H and O–H groups in total. The largest absolute Gasteiger partial charge is 0.393 e. The van der Waals surface area contributed by atoms with E-state index in [4.69, 9.17) is 13.6 Å². The minimum absolute atomic E-state index is 0.00933. The number of nitrogens with zero attached hydrogens (tertiary/aromatic N) is 3. The lowest BCUT2D eigenvalue weighted by molar-refractivity contribution is -0.121. The first kappa shape index (κ1) is 23.0. The summed E-state index contributed by atoms with van der Waals surface area (Å²) in [5.74, 6) is -0.00664. The molecule has 1 unspecified atom stereocenters. The number of carbonyl (C=O) groups is 1. The SMILES string of the molecule is [B]C(CC)c1ccncc1/C=C(\C)CNC(=O)Cn1c(-c2ccccc2)ncc(N)c1=O. The number of aromatic nitrogens is 3. The molecular formula is C24H26BN5O2. The van der Waals surface area contributed by atoms with Gasteiger partial charge in [-0.25, -0.2) is 4.98 Å². The lowest BCUT2D eigenvalue weighted by Gasteiger charge is -2.14. The molecule has 0 aliphatic heterocycles. The Labute approximate surface area is 188 Å². The number of benzene rings is 1. The molecule has 1 atom stereocenters. The van der Waals surface area contributed by atoms with Crippen LogP contribution in [0.1, 0.15) is 37.2 Å². The van der Waals surface area contributed by atoms with E-state index in [2.05, 4.69) is 15.3 Å². The average Bonchev–Trinajstić information content (AvgIpc) is 2.81. The van der Waals surface area contributed by atoms with Gasteiger partial charge in [-0.05, 0) is 24.1 Å². The minimum Gasteiger partial charge on any atom is -0.393 e. The smallest absolute Gasteiger partial charge is 0.277 e. The molecule has 0 spiro atoms. The van der Waals surface area contributed by atoms with Crippen molar-refractivity contribution in [3.05, 3.63) is 82.0 Å². The van der Waals surface area contributed by atoms with Crippen LogP contribution in [0.4, 0.5) is 5.69 Å². The maximum Gasteiger partial charge on any atom is 0.277 e. The highest BCUT2D eigenvalue weighted by atomic mass is 16.2. The van der Waals surface area contributed by atoms with Crippen molar-refractivity contribution < 1.29 is 4.79 Å². The molecule has 2 radical (unpaired) electrons. The van der Waals surface area contributed by atoms with Crippen LogP contribution in [0.3, 0.4) is 0 Å². The van der Waals surface area contributed by atoms with Gasteiger partial charge >= 0.3 is 0 Å². The predicted molar refractivity (Wildman–Crippen MR) is 128 cm³/mol. The fraction of sp³-hybridized carbons (Fsp3) is 0.250. The van der Waals surface area contributed by atoms with E-state index in [0.29, 0.717) is 12.4 Å². The molecular weight excluding hydrogens is 401 g/mol. The van der Waals surface area contributed by atoms with E-state index in [1.165, 1.54) is 10.8 Å². The highest BCUT2D eigenvalue weighted by Gasteiger charge is 2.14. The van der Waals surface area contributed by atoms with E-state index in [-0.39, 0.29) is 24.0 Å². The number of nitrogens with one attached hydrogen (secondary N) is 1. The first-order valence-corrected chi connectivity index (χ1v) is 10.4. The average molecular weight is 427 g/mol. The van der Waals surface area contributed by atoms with Crippen LogP contribution in [0.15, 0.2) is 65.4 Å². The Morgan fingerprint density at radius 2 is 2.00 bits per heavy atom. The first-order valence-electron chi connectivity index (χ1n) is 10.4. The molecule has 3 aromatic rings. The summed E-state index contributed by atoms with van der Waals surface area (Å²) >= 11 is 0. The zero-order valence-electron chi connectivity index (χ0n) is 18.3. The van der Waals surface area contributed by atoms with E-state index < -0.39 is 5.56 Å². The lowest BCUT2D eigenvalue weighted by atomic mass is 9.77. The Morgan fingerprint density at radius 1 is 1.25 bits per heavy atom. The Morgan fingerprint density at radius 3 is 2.72 bits per heavy atom. The highest BCUT2D eigenvalue weighted by Crippen LogP contribution is 2.21. The van der Waals surface area contributed by atoms with Gasteiger partial charge in [0.25, 0.3) is 5.56 Å². The molecule has 2 heterocycles. The second-order valence-electron chi connectivity index (χ2n) is 7.58. The van der Waals surface area contributed by atoms with Crippen LogP contribution in [-0.4, -0.2) is 34.8 Å². The van der Waals surface area contributed by atoms with E-state index >= 15 is 0 Å². The molecule has 7 nitrogen and oxygen atoms in total. The second kappa shape index (κ2) is 10.6. The molecule has 0 aliphatic carbocycles. The van der Waals surface area contributed by atoms with Crippen LogP contribution in [0.2, 0.25) is 0 Å². The quantitative estimate of drug-likeness (QED) is 0.538. The minimum atomic E-state index is -0.449. The number of nitrogen functional groups attached to an aromatic ring is 1. The van der Waals surface area contributed by atoms with Crippen molar-refractivity contribution in [2.24, 2.45) is 0 Å². The third-order valence-corrected chi connectivity index (χ3v) is 5.10. The van der Waals surface area contributed by atoms with E-state index in [0.717, 1.165) is 28.7 Å². The van der Waals surface area contributed by atoms with Crippen LogP contribution in [0.25, 0.3) is 17.5 Å². The Hall–Kier alpha value is -3.68. The van der Waals surface area contributed by atoms with Crippen LogP contribution in [0.5, 0.6) is 0 Å². The fourth-order valence-corrected chi connectivity index (χ4v) is 3.32. The Kier molecular flexibility index (Phi) is 7.60. The van der Waals surface area contributed by atoms with Crippen LogP contribution < -0.4 is 16.6 Å². The summed E-state index contributed by atoms with van der Waals surface area (Å²) in [6.45, 7) is 4.08. The number of anilines is 1. The van der Waals surface area contributed by atoms with Gasteiger partial charge in [0.2, 0.25) is 5.91 Å². The van der Waals surface area contributed by atoms with Crippen LogP contribution in [0, 0.1) is 0 Å². The van der Waals surface area contributed by atoms with Crippen molar-refractivity contribution in [1.82, 2.24) is 19.9 Å². The van der Waals surface area contributed by atoms with Gasteiger partial charge in [0.1, 0.15) is 18.1 Å². The lowest BCUT2D eigenvalue weighted by Crippen LogP contribution is -2.35. The van der Waals surface area contributed by atoms with Crippen molar-refractivity contribution >= 4 is 25.5 Å². The normalized spacial score (nSPS) is 12.4. The van der Waals surface area contributed by atoms with Crippen LogP contribution >= 0.6 is 0 Å². The molecule has 8 heteroatoms. The summed E-state index contributed by atoms with van der Waals surface area (Å²) in [6.07, 6.45) is 7.58. The Balaban J connectivity index is 1.74. The number of nitrogens with two attached hydrogens (primary N) is 1. The van der Waals surface area contributed by atoms with Gasteiger partial charge in [0.05, 0.1) is 14.0 Å². The van der Waals surface area contributed by atoms with Gasteiger partial charge in [0, 0.05) is 24.5 Å². The Bertz CT molecular complexity index is 1170. The van der Waals surface area contributed by atoms with Crippen molar-refractivity contribution in [3.63, 3.8) is 0 Å². The molecule has 32 heavy (non-hydrogen) atoms. The number of carbonyl (C=O) groups excluding carboxylic acids is 1. The van der Waals surface area contributed by atoms with E-state index in [9.17, 15) is 9.59 Å². The summed E-state index contributed by atoms with van der Waals surface area (Å²) < 4.78 is 1.29. The van der Waals surface area contributed by atoms with Gasteiger partial charge in [-0.2, -0.15) is 0 Å². The zero-order valence-corrected chi connectivity index (χ0v) is 18.3. The third kappa shape index (κ3) is 5.52. The summed E-state index contributed by atoms with van der Waals surface area (Å²) in [5, 5.41) is 2.85. The standard InChI is InChI=1S/C24H26BN5O2/c1-3-20(25)19-9-10-27-13-18(19)11-16(2)12-28-22(31)15-30-23(17-7-5-4-6-8-17)29-14-21(26)24(30)32/h4-11,13-14,20H,3,12,15,26H2,1-2H3,(H,28,31)/b16-11+. The molecule has 0 saturated heterocycles. The van der Waals surface area contributed by atoms with Gasteiger partial charge in [0.15, 0.2) is 0 Å². The number of pyridine rings is 1. The highest BCUT2D eigenvalue weighted by molar-refractivity contribution is 6.12. The van der Waals surface area contributed by atoms with Crippen molar-refractivity contribution in [2.45, 2.75) is 32.6 Å². The monoisotopic (exact) mass is 427 g/mol. The van der Waals surface area contributed by atoms with Crippen LogP contribution in [-0.2, 0) is 11.3 Å². The van der Waals surface area contributed by atoms with E-state index in [1.807, 2.05) is 56.3 Å². The molecule has 0 aliphatic rings. The molecule has 0 fully saturated rings. The third-order valence-electron chi connectivity index (χ3n) is 5.10. The zero-order chi connectivity index (χ0) is 23.1. The molecule has 2 aromatic heterocycles. The maximum absolute atomic E-state index is 12.6. The molecule has 162 valence electrons. The predicted octanol–water partition coefficient (Wildman–Crippen LogP) is 2.73. The summed E-state index contributed by atoms with van der Waals surface area (Å²) in [4.78, 5) is 33.7. The molecule has 3 rings (SSSR count). The fourth-order valence-electron chi connectivity index (χ4n) is 3.32. The molecule has 1 amide bonds. The van der Waals surface area contributed by atoms with Gasteiger partial charge in [-0.15, -0.1) is 0 Å². The summed E-state index contributed by atoms with van der Waals surface area (Å²) in [5.41, 5.74) is 8.88. The van der Waals surface area contributed by atoms with E-state index in [1.54, 1.807) is 12.4 Å². The van der Waals surface area contributed by atoms with Gasteiger partial charge in [-0.1, -0.05) is 61.1 Å². The summed E-state index contributed by atoms with van der Waals surface area (Å²) in [7, 11) is 6.19. The van der Waals surface area contributed by atoms with Gasteiger partial charge < -0.3 is 11.1 Å². The number of rotatable bonds is 8. The molecule has 0 bridgehead atoms. The molecule has 0 saturated carbocycles. The maximum atomic E-state index is 12.6. The van der Waals surface area contributed by atoms with Crippen molar-refractivity contribution in [3.8, 4) is 11.4 Å². The number of hydrogen-bond donors (Lipinski definition) is 2. The topological polar surface area (TPSA) is 103 Å². The first-order chi connectivity index (χ1) is 15.4. The van der Waals surface area contributed by atoms with Crippen molar-refractivity contribution in [1.29, 1.82) is 0 Å². The number of hydrogen-bond acceptors (Lipinski definition) is 5. The summed E-state index contributed by atoms with van der Waals surface area (Å²) in [6, 6.07) is 11.1. The molecule has 1 aromatic carbocycles. The number of amides is 1. The van der Waals surface area contributed by atoms with Crippen molar-refractivity contribution in [2.75, 3.05) is 12.3 Å². The second-order valence-corrected chi connectivity index (χ2v) is 7.58. The van der Waals surface area contributed by atoms with Gasteiger partial charge in [-0.3, -0.25) is 19.1 Å².